The van der Waals surface area contributed by atoms with Crippen LogP contribution in [-0.2, 0) is 6.54 Å². The molecule has 1 heterocycles. The summed E-state index contributed by atoms with van der Waals surface area (Å²) in [5.41, 5.74) is 0.759. The summed E-state index contributed by atoms with van der Waals surface area (Å²) in [7, 11) is 1.90. The Bertz CT molecular complexity index is 470. The molecule has 0 unspecified atom stereocenters. The van der Waals surface area contributed by atoms with E-state index >= 15 is 0 Å². The minimum Gasteiger partial charge on any atom is -0.428 e. The van der Waals surface area contributed by atoms with Crippen molar-refractivity contribution in [1.82, 2.24) is 10.2 Å². The standard InChI is InChI=1S/C14H18F4N2O/c1-19-11-5-6-20(9-11)8-10-3-2-4-12(7-10)21-14(17,18)13(15)16/h2-4,7,11,13,19H,5-6,8-9H2,1H3/t11-/m1/s1. The molecule has 1 saturated heterocycles. The number of ether oxygens (including phenoxy) is 1. The van der Waals surface area contributed by atoms with Gasteiger partial charge in [-0.25, -0.2) is 0 Å². The lowest BCUT2D eigenvalue weighted by Crippen LogP contribution is -2.33. The Morgan fingerprint density at radius 2 is 2.19 bits per heavy atom. The maximum Gasteiger partial charge on any atom is 0.461 e. The Morgan fingerprint density at radius 1 is 1.43 bits per heavy atom. The maximum absolute atomic E-state index is 12.9. The van der Waals surface area contributed by atoms with E-state index in [9.17, 15) is 17.6 Å². The molecule has 3 nitrogen and oxygen atoms in total. The highest BCUT2D eigenvalue weighted by Crippen LogP contribution is 2.28. The first-order chi connectivity index (χ1) is 9.90. The van der Waals surface area contributed by atoms with Crippen LogP contribution in [0.15, 0.2) is 24.3 Å². The van der Waals surface area contributed by atoms with Crippen LogP contribution in [0.2, 0.25) is 0 Å². The Hall–Kier alpha value is -1.34. The Labute approximate surface area is 120 Å². The minimum absolute atomic E-state index is 0.248. The van der Waals surface area contributed by atoms with Gasteiger partial charge in [-0.05, 0) is 31.2 Å². The molecule has 118 valence electrons. The predicted octanol–water partition coefficient (Wildman–Crippen LogP) is 2.72. The summed E-state index contributed by atoms with van der Waals surface area (Å²) in [4.78, 5) is 2.17. The average molecular weight is 306 g/mol. The molecule has 0 bridgehead atoms. The van der Waals surface area contributed by atoms with Crippen molar-refractivity contribution < 1.29 is 22.3 Å². The number of nitrogens with zero attached hydrogens (tertiary/aromatic N) is 1. The van der Waals surface area contributed by atoms with Crippen LogP contribution in [0.1, 0.15) is 12.0 Å². The first kappa shape index (κ1) is 16.0. The van der Waals surface area contributed by atoms with Crippen LogP contribution in [0.3, 0.4) is 0 Å². The van der Waals surface area contributed by atoms with Crippen LogP contribution in [0.5, 0.6) is 5.75 Å². The highest BCUT2D eigenvalue weighted by molar-refractivity contribution is 5.29. The average Bonchev–Trinajstić information content (AvgIpc) is 2.86. The summed E-state index contributed by atoms with van der Waals surface area (Å²) >= 11 is 0. The van der Waals surface area contributed by atoms with Gasteiger partial charge >= 0.3 is 12.5 Å². The van der Waals surface area contributed by atoms with Gasteiger partial charge in [0.25, 0.3) is 0 Å². The number of nitrogens with one attached hydrogen (secondary N) is 1. The van der Waals surface area contributed by atoms with E-state index in [0.717, 1.165) is 25.1 Å². The number of rotatable bonds is 6. The molecule has 0 amide bonds. The largest absolute Gasteiger partial charge is 0.461 e. The zero-order chi connectivity index (χ0) is 15.5. The molecule has 0 aliphatic carbocycles. The number of benzene rings is 1. The molecule has 7 heteroatoms. The second-order valence-corrected chi connectivity index (χ2v) is 5.12. The van der Waals surface area contributed by atoms with Crippen molar-refractivity contribution in [3.63, 3.8) is 0 Å². The fourth-order valence-corrected chi connectivity index (χ4v) is 2.38. The third kappa shape index (κ3) is 4.31. The fraction of sp³-hybridized carbons (Fsp3) is 0.571. The molecular weight excluding hydrogens is 288 g/mol. The van der Waals surface area contributed by atoms with Crippen molar-refractivity contribution in [3.8, 4) is 5.75 Å². The van der Waals surface area contributed by atoms with Gasteiger partial charge in [0, 0.05) is 25.7 Å². The minimum atomic E-state index is -4.47. The number of likely N-dealkylation sites (N-methyl/N-ethyl adjacent to an activating group) is 1. The summed E-state index contributed by atoms with van der Waals surface area (Å²) in [6.07, 6.45) is -7.30. The van der Waals surface area contributed by atoms with Crippen molar-refractivity contribution >= 4 is 0 Å². The van der Waals surface area contributed by atoms with E-state index in [-0.39, 0.29) is 5.75 Å². The lowest BCUT2D eigenvalue weighted by Gasteiger charge is -2.19. The fourth-order valence-electron chi connectivity index (χ4n) is 2.38. The lowest BCUT2D eigenvalue weighted by atomic mass is 10.2. The molecule has 0 aromatic heterocycles. The van der Waals surface area contributed by atoms with Crippen molar-refractivity contribution in [2.24, 2.45) is 0 Å². The van der Waals surface area contributed by atoms with Gasteiger partial charge < -0.3 is 10.1 Å². The van der Waals surface area contributed by atoms with E-state index in [1.807, 2.05) is 7.05 Å². The number of hydrogen-bond donors (Lipinski definition) is 1. The van der Waals surface area contributed by atoms with Crippen LogP contribution in [0.25, 0.3) is 0 Å². The Morgan fingerprint density at radius 3 is 2.81 bits per heavy atom. The normalized spacial score (nSPS) is 20.2. The molecule has 2 rings (SSSR count). The van der Waals surface area contributed by atoms with Gasteiger partial charge in [-0.15, -0.1) is 0 Å². The van der Waals surface area contributed by atoms with Gasteiger partial charge in [-0.3, -0.25) is 4.90 Å². The molecule has 0 radical (unpaired) electrons. The monoisotopic (exact) mass is 306 g/mol. The molecule has 1 fully saturated rings. The molecular formula is C14H18F4N2O. The molecule has 1 aromatic carbocycles. The van der Waals surface area contributed by atoms with E-state index in [0.29, 0.717) is 12.6 Å². The van der Waals surface area contributed by atoms with Crippen LogP contribution in [0.4, 0.5) is 17.6 Å². The molecule has 1 aromatic rings. The van der Waals surface area contributed by atoms with E-state index in [1.165, 1.54) is 18.2 Å². The van der Waals surface area contributed by atoms with Crippen molar-refractivity contribution in [2.75, 3.05) is 20.1 Å². The van der Waals surface area contributed by atoms with Crippen molar-refractivity contribution in [1.29, 1.82) is 0 Å². The zero-order valence-corrected chi connectivity index (χ0v) is 11.7. The lowest BCUT2D eigenvalue weighted by molar-refractivity contribution is -0.253. The molecule has 21 heavy (non-hydrogen) atoms. The first-order valence-electron chi connectivity index (χ1n) is 6.74. The van der Waals surface area contributed by atoms with Crippen molar-refractivity contribution in [2.45, 2.75) is 31.5 Å². The summed E-state index contributed by atoms with van der Waals surface area (Å²) < 4.78 is 54.1. The Kier molecular flexibility index (Phi) is 5.05. The third-order valence-electron chi connectivity index (χ3n) is 3.49. The second kappa shape index (κ2) is 6.62. The summed E-state index contributed by atoms with van der Waals surface area (Å²) in [6, 6.07) is 6.34. The second-order valence-electron chi connectivity index (χ2n) is 5.12. The SMILES string of the molecule is CN[C@@H]1CCN(Cc2cccc(OC(F)(F)C(F)F)c2)C1. The van der Waals surface area contributed by atoms with Gasteiger partial charge in [0.05, 0.1) is 0 Å². The van der Waals surface area contributed by atoms with Crippen LogP contribution < -0.4 is 10.1 Å². The zero-order valence-electron chi connectivity index (χ0n) is 11.7. The van der Waals surface area contributed by atoms with Gasteiger partial charge in [0.2, 0.25) is 0 Å². The maximum atomic E-state index is 12.9. The number of hydrogen-bond acceptors (Lipinski definition) is 3. The summed E-state index contributed by atoms with van der Waals surface area (Å²) in [5.74, 6) is -0.248. The van der Waals surface area contributed by atoms with E-state index in [4.69, 9.17) is 0 Å². The summed E-state index contributed by atoms with van der Waals surface area (Å²) in [5, 5.41) is 3.19. The molecule has 1 atom stereocenters. The van der Waals surface area contributed by atoms with Gasteiger partial charge in [-0.1, -0.05) is 12.1 Å². The van der Waals surface area contributed by atoms with E-state index in [1.54, 1.807) is 6.07 Å². The highest BCUT2D eigenvalue weighted by Gasteiger charge is 2.43. The Balaban J connectivity index is 1.98. The topological polar surface area (TPSA) is 24.5 Å². The molecule has 1 aliphatic rings. The quantitative estimate of drug-likeness (QED) is 0.818. The first-order valence-corrected chi connectivity index (χ1v) is 6.74. The smallest absolute Gasteiger partial charge is 0.428 e. The number of halogens is 4. The summed E-state index contributed by atoms with van der Waals surface area (Å²) in [6.45, 7) is 2.36. The van der Waals surface area contributed by atoms with E-state index < -0.39 is 12.5 Å². The molecule has 0 saturated carbocycles. The van der Waals surface area contributed by atoms with Crippen LogP contribution >= 0.6 is 0 Å². The predicted molar refractivity (Wildman–Crippen MR) is 70.8 cm³/mol. The highest BCUT2D eigenvalue weighted by atomic mass is 19.3. The number of likely N-dealkylation sites (tertiary alicyclic amines) is 1. The number of alkyl halides is 4. The molecule has 1 aliphatic heterocycles. The van der Waals surface area contributed by atoms with Gasteiger partial charge in [-0.2, -0.15) is 17.6 Å². The van der Waals surface area contributed by atoms with Gasteiger partial charge in [0.1, 0.15) is 5.75 Å². The van der Waals surface area contributed by atoms with Crippen molar-refractivity contribution in [3.05, 3.63) is 29.8 Å². The molecule has 1 N–H and O–H groups in total. The van der Waals surface area contributed by atoms with Crippen LogP contribution in [0, 0.1) is 0 Å². The third-order valence-corrected chi connectivity index (χ3v) is 3.49. The van der Waals surface area contributed by atoms with Gasteiger partial charge in [0.15, 0.2) is 0 Å². The van der Waals surface area contributed by atoms with Crippen LogP contribution in [-0.4, -0.2) is 43.6 Å². The molecule has 0 spiro atoms. The van der Waals surface area contributed by atoms with E-state index in [2.05, 4.69) is 15.0 Å².